The quantitative estimate of drug-likeness (QED) is 0.177. The molecule has 11 rings (SSSR count). The van der Waals surface area contributed by atoms with E-state index in [-0.39, 0.29) is 0 Å². The van der Waals surface area contributed by atoms with Gasteiger partial charge < -0.3 is 0 Å². The van der Waals surface area contributed by atoms with Gasteiger partial charge in [-0.1, -0.05) is 158 Å². The topological polar surface area (TPSA) is 38.7 Å². The number of hydrogen-bond donors (Lipinski definition) is 0. The lowest BCUT2D eigenvalue weighted by Gasteiger charge is -2.12. The molecule has 0 unspecified atom stereocenters. The average molecular weight is 724 g/mol. The van der Waals surface area contributed by atoms with E-state index >= 15 is 0 Å². The maximum Gasteiger partial charge on any atom is 0.160 e. The molecule has 5 heteroatoms. The number of aromatic nitrogens is 3. The average Bonchev–Trinajstić information content (AvgIpc) is 3.84. The van der Waals surface area contributed by atoms with Gasteiger partial charge in [-0.3, -0.25) is 0 Å². The highest BCUT2D eigenvalue weighted by molar-refractivity contribution is 7.27. The van der Waals surface area contributed by atoms with Crippen molar-refractivity contribution >= 4 is 74.7 Å². The van der Waals surface area contributed by atoms with E-state index in [4.69, 9.17) is 15.0 Å². The fourth-order valence-electron chi connectivity index (χ4n) is 7.79. The van der Waals surface area contributed by atoms with E-state index in [9.17, 15) is 0 Å². The van der Waals surface area contributed by atoms with Gasteiger partial charge in [-0.2, -0.15) is 0 Å². The van der Waals surface area contributed by atoms with Crippen LogP contribution in [0.1, 0.15) is 0 Å². The maximum absolute atomic E-state index is 5.40. The Kier molecular flexibility index (Phi) is 7.22. The minimum atomic E-state index is 0.726. The van der Waals surface area contributed by atoms with Gasteiger partial charge in [0.05, 0.1) is 22.4 Å². The van der Waals surface area contributed by atoms with Crippen LogP contribution in [0.4, 0.5) is 0 Å². The van der Waals surface area contributed by atoms with Gasteiger partial charge >= 0.3 is 0 Å². The van der Waals surface area contributed by atoms with Crippen molar-refractivity contribution in [1.82, 2.24) is 15.0 Å². The van der Waals surface area contributed by atoms with Crippen molar-refractivity contribution in [2.75, 3.05) is 0 Å². The summed E-state index contributed by atoms with van der Waals surface area (Å²) in [5, 5.41) is 5.99. The molecule has 11 aromatic rings. The van der Waals surface area contributed by atoms with Crippen LogP contribution in [0.2, 0.25) is 0 Å². The highest BCUT2D eigenvalue weighted by Gasteiger charge is 2.25. The van der Waals surface area contributed by atoms with Gasteiger partial charge in [0.2, 0.25) is 0 Å². The number of benzene rings is 7. The molecule has 54 heavy (non-hydrogen) atoms. The number of hydrogen-bond acceptors (Lipinski definition) is 5. The van der Waals surface area contributed by atoms with Crippen LogP contribution in [-0.4, -0.2) is 15.0 Å². The summed E-state index contributed by atoms with van der Waals surface area (Å²) in [5.74, 6) is 0.726. The van der Waals surface area contributed by atoms with Gasteiger partial charge in [0.1, 0.15) is 0 Å². The first kappa shape index (κ1) is 31.0. The van der Waals surface area contributed by atoms with Crippen LogP contribution in [0.15, 0.2) is 176 Å². The van der Waals surface area contributed by atoms with Crippen LogP contribution in [0.5, 0.6) is 0 Å². The first-order valence-electron chi connectivity index (χ1n) is 18.0. The lowest BCUT2D eigenvalue weighted by Crippen LogP contribution is -1.95. The normalized spacial score (nSPS) is 11.7. The predicted octanol–water partition coefficient (Wildman–Crippen LogP) is 14.1. The number of pyridine rings is 1. The van der Waals surface area contributed by atoms with Crippen molar-refractivity contribution in [2.45, 2.75) is 0 Å². The SMILES string of the molecule is c1ccc(-c2nc(-c3ccc(-c4sc5c(c(-c6ccccc6)nc6ccccc65)c4-c4cccc5c4sc4ccccc45)cc3)c3ccccc3n2)cc1. The molecule has 252 valence electrons. The Labute approximate surface area is 319 Å². The van der Waals surface area contributed by atoms with Gasteiger partial charge in [0.15, 0.2) is 5.82 Å². The first-order chi connectivity index (χ1) is 26.8. The van der Waals surface area contributed by atoms with Crippen LogP contribution < -0.4 is 0 Å². The highest BCUT2D eigenvalue weighted by Crippen LogP contribution is 2.52. The minimum absolute atomic E-state index is 0.726. The molecule has 0 saturated carbocycles. The third kappa shape index (κ3) is 4.97. The largest absolute Gasteiger partial charge is 0.247 e. The predicted molar refractivity (Wildman–Crippen MR) is 230 cm³/mol. The molecule has 0 atom stereocenters. The Hall–Kier alpha value is -6.53. The summed E-state index contributed by atoms with van der Waals surface area (Å²) >= 11 is 3.74. The van der Waals surface area contributed by atoms with Gasteiger partial charge in [-0.05, 0) is 23.8 Å². The lowest BCUT2D eigenvalue weighted by molar-refractivity contribution is 1.23. The van der Waals surface area contributed by atoms with E-state index in [1.54, 1.807) is 0 Å². The highest BCUT2D eigenvalue weighted by atomic mass is 32.1. The first-order valence-corrected chi connectivity index (χ1v) is 19.7. The summed E-state index contributed by atoms with van der Waals surface area (Å²) in [4.78, 5) is 16.7. The Morgan fingerprint density at radius 3 is 1.72 bits per heavy atom. The monoisotopic (exact) mass is 723 g/mol. The van der Waals surface area contributed by atoms with Crippen molar-refractivity contribution in [3.63, 3.8) is 0 Å². The summed E-state index contributed by atoms with van der Waals surface area (Å²) in [6.45, 7) is 0. The molecule has 0 aliphatic rings. The van der Waals surface area contributed by atoms with Crippen molar-refractivity contribution < 1.29 is 0 Å². The van der Waals surface area contributed by atoms with Crippen LogP contribution >= 0.6 is 22.7 Å². The third-order valence-electron chi connectivity index (χ3n) is 10.3. The van der Waals surface area contributed by atoms with Crippen molar-refractivity contribution in [3.05, 3.63) is 176 Å². The summed E-state index contributed by atoms with van der Waals surface area (Å²) in [5.41, 5.74) is 10.7. The molecule has 3 nitrogen and oxygen atoms in total. The lowest BCUT2D eigenvalue weighted by atomic mass is 9.93. The Morgan fingerprint density at radius 2 is 0.944 bits per heavy atom. The fraction of sp³-hybridized carbons (Fsp3) is 0. The molecule has 4 heterocycles. The second kappa shape index (κ2) is 12.6. The van der Waals surface area contributed by atoms with Crippen molar-refractivity contribution in [2.24, 2.45) is 0 Å². The van der Waals surface area contributed by atoms with E-state index in [0.717, 1.165) is 55.9 Å². The zero-order valence-electron chi connectivity index (χ0n) is 28.9. The summed E-state index contributed by atoms with van der Waals surface area (Å²) in [6, 6.07) is 62.3. The van der Waals surface area contributed by atoms with E-state index in [0.29, 0.717) is 0 Å². The third-order valence-corrected chi connectivity index (χ3v) is 12.8. The summed E-state index contributed by atoms with van der Waals surface area (Å²) in [6.07, 6.45) is 0. The number of rotatable bonds is 5. The smallest absolute Gasteiger partial charge is 0.160 e. The zero-order valence-corrected chi connectivity index (χ0v) is 30.5. The fourth-order valence-corrected chi connectivity index (χ4v) is 10.4. The van der Waals surface area contributed by atoms with Crippen molar-refractivity contribution in [1.29, 1.82) is 0 Å². The molecule has 0 aliphatic carbocycles. The molecular weight excluding hydrogens is 695 g/mol. The van der Waals surface area contributed by atoms with Crippen LogP contribution in [-0.2, 0) is 0 Å². The molecule has 0 aliphatic heterocycles. The molecule has 0 bridgehead atoms. The molecule has 0 N–H and O–H groups in total. The van der Waals surface area contributed by atoms with Gasteiger partial charge in [0.25, 0.3) is 0 Å². The van der Waals surface area contributed by atoms with Crippen LogP contribution in [0.3, 0.4) is 0 Å². The number of thiophene rings is 2. The van der Waals surface area contributed by atoms with E-state index in [2.05, 4.69) is 152 Å². The molecule has 0 amide bonds. The van der Waals surface area contributed by atoms with Crippen LogP contribution in [0, 0.1) is 0 Å². The van der Waals surface area contributed by atoms with E-state index in [1.807, 2.05) is 46.9 Å². The molecule has 0 saturated heterocycles. The van der Waals surface area contributed by atoms with Gasteiger partial charge in [-0.25, -0.2) is 15.0 Å². The Balaban J connectivity index is 1.19. The van der Waals surface area contributed by atoms with E-state index in [1.165, 1.54) is 51.6 Å². The number of fused-ring (bicyclic) bond motifs is 7. The Bertz CT molecular complexity index is 3200. The zero-order chi connectivity index (χ0) is 35.6. The molecule has 0 spiro atoms. The second-order valence-electron chi connectivity index (χ2n) is 13.5. The number of nitrogens with zero attached hydrogens (tertiary/aromatic N) is 3. The standard InChI is InChI=1S/C49H29N3S2/c1-3-14-30(15-4-1)45-43-42(38-22-13-21-35-34-18-9-12-25-41(34)53-47(35)38)46(54-48(43)37-20-8-11-24-40(37)50-45)32-28-26-31(27-29-32)44-36-19-7-10-23-39(36)51-49(52-44)33-16-5-2-6-17-33/h1-29H. The summed E-state index contributed by atoms with van der Waals surface area (Å²) < 4.78 is 3.84. The molecule has 0 radical (unpaired) electrons. The summed E-state index contributed by atoms with van der Waals surface area (Å²) in [7, 11) is 0. The Morgan fingerprint density at radius 1 is 0.352 bits per heavy atom. The number of para-hydroxylation sites is 2. The maximum atomic E-state index is 5.40. The molecule has 4 aromatic heterocycles. The van der Waals surface area contributed by atoms with E-state index < -0.39 is 0 Å². The van der Waals surface area contributed by atoms with Gasteiger partial charge in [-0.15, -0.1) is 22.7 Å². The minimum Gasteiger partial charge on any atom is -0.247 e. The molecule has 7 aromatic carbocycles. The second-order valence-corrected chi connectivity index (χ2v) is 15.6. The van der Waals surface area contributed by atoms with Crippen LogP contribution in [0.25, 0.3) is 108 Å². The van der Waals surface area contributed by atoms with Gasteiger partial charge in [0, 0.05) is 73.7 Å². The van der Waals surface area contributed by atoms with Crippen molar-refractivity contribution in [3.8, 4) is 55.5 Å². The molecular formula is C49H29N3S2. The molecule has 0 fully saturated rings.